The minimum atomic E-state index is -1.40. The second-order valence-electron chi connectivity index (χ2n) is 18.1. The van der Waals surface area contributed by atoms with Crippen LogP contribution in [0.3, 0.4) is 0 Å². The maximum absolute atomic E-state index is 14.1. The van der Waals surface area contributed by atoms with E-state index in [1.807, 2.05) is 19.1 Å². The smallest absolute Gasteiger partial charge is 0.412 e. The Morgan fingerprint density at radius 1 is 0.938 bits per heavy atom. The Labute approximate surface area is 383 Å². The summed E-state index contributed by atoms with van der Waals surface area (Å²) in [6.45, 7) is 12.2. The minimum Gasteiger partial charge on any atom is -0.459 e. The molecule has 5 rings (SSSR count). The molecule has 7 atom stereocenters. The van der Waals surface area contributed by atoms with Crippen molar-refractivity contribution in [3.63, 3.8) is 0 Å². The van der Waals surface area contributed by atoms with Crippen LogP contribution in [-0.2, 0) is 19.0 Å². The number of ether oxygens (including phenoxy) is 5. The second-order valence-corrected chi connectivity index (χ2v) is 18.1. The van der Waals surface area contributed by atoms with Gasteiger partial charge in [0.05, 0.1) is 31.5 Å². The number of benzene rings is 1. The molecule has 0 bridgehead atoms. The number of fused-ring (bicyclic) bond motifs is 2. The van der Waals surface area contributed by atoms with E-state index in [4.69, 9.17) is 33.7 Å². The number of carbonyl (C=O) groups is 2. The summed E-state index contributed by atoms with van der Waals surface area (Å²) in [5.74, 6) is -1.07. The number of amides is 2. The van der Waals surface area contributed by atoms with E-state index in [0.29, 0.717) is 56.2 Å². The van der Waals surface area contributed by atoms with Gasteiger partial charge in [-0.2, -0.15) is 0 Å². The van der Waals surface area contributed by atoms with Crippen molar-refractivity contribution in [2.45, 2.75) is 180 Å². The maximum Gasteiger partial charge on any atom is 0.412 e. The van der Waals surface area contributed by atoms with Gasteiger partial charge in [0.1, 0.15) is 17.5 Å². The first-order valence-corrected chi connectivity index (χ1v) is 25.1. The lowest BCUT2D eigenvalue weighted by Crippen LogP contribution is -2.70. The number of nitrogens with one attached hydrogen (secondary N) is 1. The number of hydrogen-bond donors (Lipinski definition) is 3. The number of allylic oxidation sites excluding steroid dienone is 1. The Kier molecular flexibility index (Phi) is 22.3. The monoisotopic (exact) mass is 896 g/mol. The standard InChI is InChI=1S/C51H81N3O10/c1-5-9-10-11-12-13-14-15-16-20-29-52-49(57)62-39-27-28-44-42(36-39)47-40(25-18-22-32-56)38(24-17-21-31-55)35-41-43(53-64-46-26-19-23-34-60-46)37-45(54(30-6-2)50(58)59-8-4)51(63-44,48(41)47)61-33-7-3/h7,27-28,35-36,38,40,45-48,55-56H,3,5-6,8-26,29-34,37H2,1-2,4H3,(H,52,57)/t38-,40+,45-,46?,47+,48+,51+/m0/s1. The summed E-state index contributed by atoms with van der Waals surface area (Å²) >= 11 is 0. The Hall–Kier alpha value is -3.65. The minimum absolute atomic E-state index is 0.0265. The summed E-state index contributed by atoms with van der Waals surface area (Å²) in [5.41, 5.74) is 2.51. The molecule has 13 nitrogen and oxygen atoms in total. The molecule has 64 heavy (non-hydrogen) atoms. The Bertz CT molecular complexity index is 1630. The second kappa shape index (κ2) is 27.7. The molecular formula is C51H81N3O10. The van der Waals surface area contributed by atoms with E-state index in [2.05, 4.69) is 24.9 Å². The highest BCUT2D eigenvalue weighted by Gasteiger charge is 2.65. The molecule has 1 aromatic carbocycles. The van der Waals surface area contributed by atoms with Crippen molar-refractivity contribution in [2.24, 2.45) is 22.9 Å². The molecular weight excluding hydrogens is 815 g/mol. The third-order valence-electron chi connectivity index (χ3n) is 13.4. The predicted molar refractivity (Wildman–Crippen MR) is 250 cm³/mol. The molecule has 13 heteroatoms. The molecule has 1 aromatic rings. The van der Waals surface area contributed by atoms with Gasteiger partial charge in [0.15, 0.2) is 0 Å². The summed E-state index contributed by atoms with van der Waals surface area (Å²) in [5, 5.41) is 27.7. The lowest BCUT2D eigenvalue weighted by Gasteiger charge is -2.59. The first-order chi connectivity index (χ1) is 31.3. The van der Waals surface area contributed by atoms with E-state index in [1.54, 1.807) is 24.0 Å². The number of aliphatic hydroxyl groups excluding tert-OH is 2. The quantitative estimate of drug-likeness (QED) is 0.0402. The van der Waals surface area contributed by atoms with Crippen LogP contribution in [0, 0.1) is 17.8 Å². The molecule has 2 fully saturated rings. The number of rotatable bonds is 29. The van der Waals surface area contributed by atoms with Crippen molar-refractivity contribution in [1.29, 1.82) is 0 Å². The molecule has 1 saturated carbocycles. The zero-order valence-corrected chi connectivity index (χ0v) is 39.4. The molecule has 2 amide bonds. The zero-order chi connectivity index (χ0) is 45.6. The van der Waals surface area contributed by atoms with E-state index in [-0.39, 0.29) is 50.6 Å². The van der Waals surface area contributed by atoms with Crippen molar-refractivity contribution in [3.05, 3.63) is 48.1 Å². The van der Waals surface area contributed by atoms with Crippen molar-refractivity contribution in [3.8, 4) is 11.5 Å². The molecule has 360 valence electrons. The van der Waals surface area contributed by atoms with Crippen LogP contribution in [0.15, 0.2) is 47.7 Å². The van der Waals surface area contributed by atoms with Gasteiger partial charge in [-0.15, -0.1) is 6.58 Å². The molecule has 3 N–H and O–H groups in total. The van der Waals surface area contributed by atoms with Gasteiger partial charge in [-0.3, -0.25) is 4.90 Å². The fourth-order valence-electron chi connectivity index (χ4n) is 10.4. The van der Waals surface area contributed by atoms with Crippen molar-refractivity contribution >= 4 is 17.9 Å². The first kappa shape index (κ1) is 51.3. The summed E-state index contributed by atoms with van der Waals surface area (Å²) in [4.78, 5) is 35.3. The summed E-state index contributed by atoms with van der Waals surface area (Å²) in [7, 11) is 0. The number of aliphatic hydroxyl groups is 2. The van der Waals surface area contributed by atoms with E-state index in [9.17, 15) is 19.8 Å². The van der Waals surface area contributed by atoms with Crippen molar-refractivity contribution < 1.29 is 48.3 Å². The topological polar surface area (TPSA) is 158 Å². The Morgan fingerprint density at radius 3 is 2.34 bits per heavy atom. The van der Waals surface area contributed by atoms with Gasteiger partial charge < -0.3 is 44.1 Å². The van der Waals surface area contributed by atoms with Crippen LogP contribution in [0.4, 0.5) is 9.59 Å². The number of hydrogen-bond acceptors (Lipinski definition) is 11. The number of oxime groups is 1. The lowest BCUT2D eigenvalue weighted by atomic mass is 9.55. The van der Waals surface area contributed by atoms with Crippen LogP contribution < -0.4 is 14.8 Å². The predicted octanol–water partition coefficient (Wildman–Crippen LogP) is 10.7. The highest BCUT2D eigenvalue weighted by molar-refractivity contribution is 6.03. The molecule has 2 heterocycles. The maximum atomic E-state index is 14.1. The fraction of sp³-hybridized carbons (Fsp3) is 0.745. The average molecular weight is 896 g/mol. The van der Waals surface area contributed by atoms with Crippen LogP contribution in [-0.4, -0.2) is 97.3 Å². The van der Waals surface area contributed by atoms with Gasteiger partial charge >= 0.3 is 12.2 Å². The van der Waals surface area contributed by atoms with Crippen LogP contribution in [0.25, 0.3) is 0 Å². The highest BCUT2D eigenvalue weighted by atomic mass is 16.8. The van der Waals surface area contributed by atoms with E-state index >= 15 is 0 Å². The SMILES string of the molecule is C=CCO[C@@]12Oc3ccc(OC(=O)NCCCCCCCCCCCC)cc3[C@H]3[C@H](CCCCO)[C@@H](CCCCO)C=C(C(=NOC4CCCCO4)C[C@@H]1N(CCC)C(=O)OCC)[C@H]32. The molecule has 0 aromatic heterocycles. The molecule has 1 unspecified atom stereocenters. The molecule has 1 saturated heterocycles. The molecule has 0 radical (unpaired) electrons. The fourth-order valence-corrected chi connectivity index (χ4v) is 10.4. The van der Waals surface area contributed by atoms with Crippen LogP contribution in [0.5, 0.6) is 11.5 Å². The van der Waals surface area contributed by atoms with Crippen LogP contribution in [0.2, 0.25) is 0 Å². The normalized spacial score (nSPS) is 25.3. The van der Waals surface area contributed by atoms with Gasteiger partial charge in [0.2, 0.25) is 12.1 Å². The van der Waals surface area contributed by atoms with Gasteiger partial charge in [0.25, 0.3) is 0 Å². The van der Waals surface area contributed by atoms with E-state index < -0.39 is 36.2 Å². The van der Waals surface area contributed by atoms with Crippen molar-refractivity contribution in [1.82, 2.24) is 10.2 Å². The average Bonchev–Trinajstić information content (AvgIpc) is 3.30. The van der Waals surface area contributed by atoms with Gasteiger partial charge in [-0.05, 0) is 93.9 Å². The summed E-state index contributed by atoms with van der Waals surface area (Å²) in [6, 6.07) is 4.87. The zero-order valence-electron chi connectivity index (χ0n) is 39.4. The summed E-state index contributed by atoms with van der Waals surface area (Å²) in [6.07, 6.45) is 22.9. The lowest BCUT2D eigenvalue weighted by molar-refractivity contribution is -0.255. The highest BCUT2D eigenvalue weighted by Crippen LogP contribution is 2.62. The molecule has 4 aliphatic rings. The van der Waals surface area contributed by atoms with E-state index in [0.717, 1.165) is 75.3 Å². The first-order valence-electron chi connectivity index (χ1n) is 25.1. The third kappa shape index (κ3) is 13.9. The van der Waals surface area contributed by atoms with Crippen molar-refractivity contribution in [2.75, 3.05) is 46.1 Å². The van der Waals surface area contributed by atoms with Gasteiger partial charge in [-0.25, -0.2) is 9.59 Å². The molecule has 2 aliphatic carbocycles. The van der Waals surface area contributed by atoms with Crippen LogP contribution in [0.1, 0.15) is 167 Å². The Morgan fingerprint density at radius 2 is 1.67 bits per heavy atom. The summed E-state index contributed by atoms with van der Waals surface area (Å²) < 4.78 is 32.0. The third-order valence-corrected chi connectivity index (χ3v) is 13.4. The van der Waals surface area contributed by atoms with E-state index in [1.165, 1.54) is 44.9 Å². The number of carbonyl (C=O) groups excluding carboxylic acids is 2. The number of nitrogens with zero attached hydrogens (tertiary/aromatic N) is 2. The van der Waals surface area contributed by atoms with Gasteiger partial charge in [-0.1, -0.05) is 102 Å². The van der Waals surface area contributed by atoms with Crippen LogP contribution >= 0.6 is 0 Å². The Balaban J connectivity index is 1.54. The largest absolute Gasteiger partial charge is 0.459 e. The molecule has 0 spiro atoms. The van der Waals surface area contributed by atoms with Gasteiger partial charge in [0, 0.05) is 50.6 Å². The number of unbranched alkanes of at least 4 members (excludes halogenated alkanes) is 11. The molecule has 2 aliphatic heterocycles.